The lowest BCUT2D eigenvalue weighted by Crippen LogP contribution is -2.25. The molecule has 7 heteroatoms. The fourth-order valence-electron chi connectivity index (χ4n) is 3.24. The number of amides is 1. The van der Waals surface area contributed by atoms with Crippen molar-refractivity contribution in [3.8, 4) is 5.75 Å². The predicted octanol–water partition coefficient (Wildman–Crippen LogP) is 3.41. The third-order valence-corrected chi connectivity index (χ3v) is 4.59. The Bertz CT molecular complexity index is 825. The van der Waals surface area contributed by atoms with Crippen molar-refractivity contribution >= 4 is 24.1 Å². The minimum atomic E-state index is -0.454. The first-order valence-electron chi connectivity index (χ1n) is 8.88. The number of anilines is 1. The number of pyridine rings is 1. The van der Waals surface area contributed by atoms with Gasteiger partial charge in [-0.25, -0.2) is 14.4 Å². The van der Waals surface area contributed by atoms with Crippen LogP contribution in [0.15, 0.2) is 41.5 Å². The second-order valence-corrected chi connectivity index (χ2v) is 6.59. The molecule has 0 unspecified atom stereocenters. The van der Waals surface area contributed by atoms with Crippen LogP contribution in [-0.2, 0) is 4.79 Å². The van der Waals surface area contributed by atoms with E-state index in [9.17, 15) is 9.18 Å². The Balaban J connectivity index is 1.62. The first kappa shape index (κ1) is 18.8. The monoisotopic (exact) mass is 370 g/mol. The molecule has 1 fully saturated rings. The first-order chi connectivity index (χ1) is 13.0. The molecular formula is C20H23FN4O2. The standard InChI is InChI=1S/C20H23FN4O2/c1-13(24-14(2)26)15-4-6-16(7-5-15)27-17-9-11-25(12-17)18-8-10-23-20(22-3)19(18)21/h4-8,10,13,17H,3,9,11-12H2,1-2H3,(H,24,26)/t13-,17+/m0/s1. The Kier molecular flexibility index (Phi) is 5.69. The molecule has 2 aromatic rings. The van der Waals surface area contributed by atoms with Crippen LogP contribution >= 0.6 is 0 Å². The van der Waals surface area contributed by atoms with Gasteiger partial charge in [0.05, 0.1) is 18.3 Å². The zero-order valence-electron chi connectivity index (χ0n) is 15.5. The molecule has 0 radical (unpaired) electrons. The molecule has 27 heavy (non-hydrogen) atoms. The first-order valence-corrected chi connectivity index (χ1v) is 8.88. The highest BCUT2D eigenvalue weighted by atomic mass is 19.1. The molecule has 0 aliphatic carbocycles. The highest BCUT2D eigenvalue weighted by Crippen LogP contribution is 2.29. The normalized spacial score (nSPS) is 17.4. The van der Waals surface area contributed by atoms with E-state index in [-0.39, 0.29) is 23.9 Å². The van der Waals surface area contributed by atoms with E-state index in [1.165, 1.54) is 13.1 Å². The van der Waals surface area contributed by atoms with Gasteiger partial charge in [0.15, 0.2) is 11.6 Å². The number of aliphatic imine (C=N–C) groups is 1. The number of hydrogen-bond acceptors (Lipinski definition) is 5. The Morgan fingerprint density at radius 1 is 1.41 bits per heavy atom. The summed E-state index contributed by atoms with van der Waals surface area (Å²) in [5.74, 6) is 0.251. The molecule has 0 saturated carbocycles. The Morgan fingerprint density at radius 2 is 2.15 bits per heavy atom. The van der Waals surface area contributed by atoms with Crippen molar-refractivity contribution in [2.75, 3.05) is 18.0 Å². The molecule has 1 aromatic carbocycles. The van der Waals surface area contributed by atoms with E-state index in [4.69, 9.17) is 4.74 Å². The number of benzene rings is 1. The average Bonchev–Trinajstić information content (AvgIpc) is 3.10. The van der Waals surface area contributed by atoms with Gasteiger partial charge in [0.25, 0.3) is 0 Å². The minimum Gasteiger partial charge on any atom is -0.489 e. The quantitative estimate of drug-likeness (QED) is 0.792. The third-order valence-electron chi connectivity index (χ3n) is 4.59. The van der Waals surface area contributed by atoms with Crippen molar-refractivity contribution < 1.29 is 13.9 Å². The molecule has 0 bridgehead atoms. The van der Waals surface area contributed by atoms with Crippen molar-refractivity contribution in [1.82, 2.24) is 10.3 Å². The van der Waals surface area contributed by atoms with E-state index >= 15 is 0 Å². The molecule has 1 aromatic heterocycles. The number of carbonyl (C=O) groups is 1. The zero-order valence-corrected chi connectivity index (χ0v) is 15.5. The Hall–Kier alpha value is -2.96. The maximum Gasteiger partial charge on any atom is 0.217 e. The van der Waals surface area contributed by atoms with E-state index in [1.807, 2.05) is 36.1 Å². The molecule has 1 amide bonds. The number of hydrogen-bond donors (Lipinski definition) is 1. The fraction of sp³-hybridized carbons (Fsp3) is 0.350. The van der Waals surface area contributed by atoms with Crippen molar-refractivity contribution in [1.29, 1.82) is 0 Å². The molecule has 1 aliphatic rings. The SMILES string of the molecule is C=Nc1nccc(N2CC[C@@H](Oc3ccc([C@H](C)NC(C)=O)cc3)C2)c1F. The lowest BCUT2D eigenvalue weighted by Gasteiger charge is -2.20. The summed E-state index contributed by atoms with van der Waals surface area (Å²) < 4.78 is 20.4. The van der Waals surface area contributed by atoms with Crippen molar-refractivity contribution in [2.24, 2.45) is 4.99 Å². The summed E-state index contributed by atoms with van der Waals surface area (Å²) in [6.07, 6.45) is 2.30. The van der Waals surface area contributed by atoms with E-state index < -0.39 is 5.82 Å². The second kappa shape index (κ2) is 8.16. The van der Waals surface area contributed by atoms with Crippen molar-refractivity contribution in [3.63, 3.8) is 0 Å². The number of nitrogens with one attached hydrogen (secondary N) is 1. The van der Waals surface area contributed by atoms with Gasteiger partial charge in [-0.3, -0.25) is 4.79 Å². The lowest BCUT2D eigenvalue weighted by molar-refractivity contribution is -0.119. The number of carbonyl (C=O) groups excluding carboxylic acids is 1. The highest BCUT2D eigenvalue weighted by molar-refractivity contribution is 5.73. The van der Waals surface area contributed by atoms with Crippen LogP contribution in [0, 0.1) is 5.82 Å². The minimum absolute atomic E-state index is 0.0146. The van der Waals surface area contributed by atoms with Crippen LogP contribution in [-0.4, -0.2) is 36.8 Å². The van der Waals surface area contributed by atoms with Gasteiger partial charge in [-0.1, -0.05) is 12.1 Å². The average molecular weight is 370 g/mol. The van der Waals surface area contributed by atoms with Gasteiger partial charge in [0, 0.05) is 26.1 Å². The Labute approximate surface area is 158 Å². The van der Waals surface area contributed by atoms with E-state index in [0.717, 1.165) is 17.7 Å². The lowest BCUT2D eigenvalue weighted by atomic mass is 10.1. The Morgan fingerprint density at radius 3 is 2.81 bits per heavy atom. The summed E-state index contributed by atoms with van der Waals surface area (Å²) in [4.78, 5) is 20.6. The third kappa shape index (κ3) is 4.42. The van der Waals surface area contributed by atoms with Gasteiger partial charge < -0.3 is 15.0 Å². The predicted molar refractivity (Wildman–Crippen MR) is 103 cm³/mol. The number of nitrogens with zero attached hydrogens (tertiary/aromatic N) is 3. The van der Waals surface area contributed by atoms with Gasteiger partial charge in [0.1, 0.15) is 11.9 Å². The molecule has 2 heterocycles. The summed E-state index contributed by atoms with van der Waals surface area (Å²) in [6.45, 7) is 8.06. The molecule has 1 saturated heterocycles. The number of halogens is 1. The largest absolute Gasteiger partial charge is 0.489 e. The van der Waals surface area contributed by atoms with Crippen molar-refractivity contribution in [2.45, 2.75) is 32.4 Å². The van der Waals surface area contributed by atoms with Crippen LogP contribution in [0.5, 0.6) is 5.75 Å². The molecule has 0 spiro atoms. The molecule has 6 nitrogen and oxygen atoms in total. The molecule has 142 valence electrons. The zero-order chi connectivity index (χ0) is 19.4. The molecule has 3 rings (SSSR count). The van der Waals surface area contributed by atoms with Crippen LogP contribution in [0.25, 0.3) is 0 Å². The number of rotatable bonds is 6. The van der Waals surface area contributed by atoms with E-state index in [2.05, 4.69) is 22.0 Å². The van der Waals surface area contributed by atoms with Crippen LogP contribution in [0.1, 0.15) is 31.9 Å². The summed E-state index contributed by atoms with van der Waals surface area (Å²) in [7, 11) is 0. The molecule has 2 atom stereocenters. The summed E-state index contributed by atoms with van der Waals surface area (Å²) >= 11 is 0. The number of aromatic nitrogens is 1. The molecule has 1 N–H and O–H groups in total. The van der Waals surface area contributed by atoms with Crippen LogP contribution in [0.4, 0.5) is 15.9 Å². The molecular weight excluding hydrogens is 347 g/mol. The van der Waals surface area contributed by atoms with Gasteiger partial charge >= 0.3 is 0 Å². The van der Waals surface area contributed by atoms with Gasteiger partial charge in [0.2, 0.25) is 5.91 Å². The summed E-state index contributed by atoms with van der Waals surface area (Å²) in [6, 6.07) is 9.25. The summed E-state index contributed by atoms with van der Waals surface area (Å²) in [5.41, 5.74) is 1.48. The van der Waals surface area contributed by atoms with Crippen LogP contribution in [0.3, 0.4) is 0 Å². The number of ether oxygens (including phenoxy) is 1. The fourth-order valence-corrected chi connectivity index (χ4v) is 3.24. The van der Waals surface area contributed by atoms with E-state index in [0.29, 0.717) is 18.8 Å². The second-order valence-electron chi connectivity index (χ2n) is 6.59. The highest BCUT2D eigenvalue weighted by Gasteiger charge is 2.27. The van der Waals surface area contributed by atoms with Gasteiger partial charge in [-0.2, -0.15) is 0 Å². The summed E-state index contributed by atoms with van der Waals surface area (Å²) in [5, 5.41) is 2.85. The maximum absolute atomic E-state index is 14.4. The topological polar surface area (TPSA) is 66.8 Å². The van der Waals surface area contributed by atoms with Crippen LogP contribution in [0.2, 0.25) is 0 Å². The smallest absolute Gasteiger partial charge is 0.217 e. The molecule has 1 aliphatic heterocycles. The maximum atomic E-state index is 14.4. The van der Waals surface area contributed by atoms with E-state index in [1.54, 1.807) is 6.07 Å². The van der Waals surface area contributed by atoms with Crippen molar-refractivity contribution in [3.05, 3.63) is 47.9 Å². The van der Waals surface area contributed by atoms with Crippen LogP contribution < -0.4 is 15.0 Å². The van der Waals surface area contributed by atoms with Gasteiger partial charge in [-0.05, 0) is 37.4 Å². The van der Waals surface area contributed by atoms with Gasteiger partial charge in [-0.15, -0.1) is 0 Å².